The van der Waals surface area contributed by atoms with Gasteiger partial charge in [-0.1, -0.05) is 17.9 Å². The van der Waals surface area contributed by atoms with Crippen molar-refractivity contribution in [3.05, 3.63) is 71.6 Å². The normalized spacial score (nSPS) is 12.9. The molecule has 0 fully saturated rings. The van der Waals surface area contributed by atoms with E-state index < -0.39 is 12.1 Å². The number of hydrogen-bond donors (Lipinski definition) is 2. The number of benzene rings is 1. The van der Waals surface area contributed by atoms with Gasteiger partial charge in [-0.05, 0) is 30.7 Å². The summed E-state index contributed by atoms with van der Waals surface area (Å²) in [5.74, 6) is 7.21. The Balaban J connectivity index is 1.56. The smallest absolute Gasteiger partial charge is 0.322 e. The average molecular weight is 458 g/mol. The van der Waals surface area contributed by atoms with E-state index in [4.69, 9.17) is 4.74 Å². The zero-order valence-corrected chi connectivity index (χ0v) is 18.6. The number of methoxy groups -OCH3 is 1. The van der Waals surface area contributed by atoms with E-state index in [9.17, 15) is 14.4 Å². The van der Waals surface area contributed by atoms with Crippen molar-refractivity contribution in [3.63, 3.8) is 0 Å². The standard InChI is InChI=1S/C24H22N6O4/c1-16-26-7-8-30(16)20-9-17(11-25-12-20)3-5-19(28-24(33)27-15-31)14-29-13-18-4-6-21(34-2)10-22(18)23(29)32/h4,6-12,15,19H,13-14H2,1-2H3,(H2,27,28,31,33)/t19-/m1/s1. The summed E-state index contributed by atoms with van der Waals surface area (Å²) in [6, 6.07) is 5.74. The molecule has 4 amide bonds. The third kappa shape index (κ3) is 4.88. The van der Waals surface area contributed by atoms with Crippen LogP contribution >= 0.6 is 0 Å². The first-order valence-electron chi connectivity index (χ1n) is 10.4. The molecule has 1 aliphatic heterocycles. The molecular weight excluding hydrogens is 436 g/mol. The molecule has 2 N–H and O–H groups in total. The minimum atomic E-state index is -0.737. The molecule has 0 saturated heterocycles. The number of aryl methyl sites for hydroxylation is 1. The van der Waals surface area contributed by atoms with E-state index in [2.05, 4.69) is 27.1 Å². The summed E-state index contributed by atoms with van der Waals surface area (Å²) in [5, 5.41) is 4.66. The Bertz CT molecular complexity index is 1310. The van der Waals surface area contributed by atoms with Gasteiger partial charge in [0.05, 0.1) is 25.5 Å². The number of nitrogens with one attached hydrogen (secondary N) is 2. The third-order valence-corrected chi connectivity index (χ3v) is 5.31. The van der Waals surface area contributed by atoms with Gasteiger partial charge in [0.15, 0.2) is 0 Å². The van der Waals surface area contributed by atoms with Gasteiger partial charge in [-0.2, -0.15) is 0 Å². The number of hydrogen-bond acceptors (Lipinski definition) is 6. The lowest BCUT2D eigenvalue weighted by atomic mass is 10.1. The van der Waals surface area contributed by atoms with Crippen LogP contribution in [0.3, 0.4) is 0 Å². The van der Waals surface area contributed by atoms with Crippen LogP contribution in [0, 0.1) is 18.8 Å². The highest BCUT2D eigenvalue weighted by molar-refractivity contribution is 5.98. The second-order valence-corrected chi connectivity index (χ2v) is 7.54. The van der Waals surface area contributed by atoms with Gasteiger partial charge in [0.1, 0.15) is 17.6 Å². The van der Waals surface area contributed by atoms with E-state index in [0.717, 1.165) is 17.1 Å². The van der Waals surface area contributed by atoms with Crippen LogP contribution in [0.1, 0.15) is 27.3 Å². The molecule has 0 unspecified atom stereocenters. The van der Waals surface area contributed by atoms with E-state index in [0.29, 0.717) is 23.4 Å². The molecule has 2 aromatic heterocycles. The highest BCUT2D eigenvalue weighted by Crippen LogP contribution is 2.26. The molecule has 1 atom stereocenters. The molecule has 0 radical (unpaired) electrons. The first-order chi connectivity index (χ1) is 16.5. The number of pyridine rings is 1. The van der Waals surface area contributed by atoms with Gasteiger partial charge in [0, 0.05) is 36.3 Å². The van der Waals surface area contributed by atoms with E-state index in [1.807, 2.05) is 35.1 Å². The number of amides is 4. The Kier molecular flexibility index (Phi) is 6.54. The number of carbonyl (C=O) groups excluding carboxylic acids is 3. The molecular formula is C24H22N6O4. The number of fused-ring (bicyclic) bond motifs is 1. The number of aromatic nitrogens is 3. The molecule has 1 aromatic carbocycles. The van der Waals surface area contributed by atoms with Crippen molar-refractivity contribution in [1.29, 1.82) is 0 Å². The molecule has 172 valence electrons. The Labute approximate surface area is 196 Å². The maximum atomic E-state index is 12.9. The summed E-state index contributed by atoms with van der Waals surface area (Å²) in [4.78, 5) is 45.6. The van der Waals surface area contributed by atoms with Gasteiger partial charge in [0.25, 0.3) is 5.91 Å². The Morgan fingerprint density at radius 3 is 2.91 bits per heavy atom. The second-order valence-electron chi connectivity index (χ2n) is 7.54. The lowest BCUT2D eigenvalue weighted by molar-refractivity contribution is -0.108. The van der Waals surface area contributed by atoms with Crippen LogP contribution in [-0.2, 0) is 11.3 Å². The van der Waals surface area contributed by atoms with Crippen molar-refractivity contribution < 1.29 is 19.1 Å². The van der Waals surface area contributed by atoms with E-state index >= 15 is 0 Å². The van der Waals surface area contributed by atoms with Gasteiger partial charge in [-0.15, -0.1) is 0 Å². The average Bonchev–Trinajstić information content (AvgIpc) is 3.40. The van der Waals surface area contributed by atoms with Gasteiger partial charge in [0.2, 0.25) is 6.41 Å². The predicted octanol–water partition coefficient (Wildman–Crippen LogP) is 1.42. The van der Waals surface area contributed by atoms with Gasteiger partial charge in [-0.3, -0.25) is 19.9 Å². The molecule has 3 aromatic rings. The molecule has 0 bridgehead atoms. The topological polar surface area (TPSA) is 118 Å². The fraction of sp³-hybridized carbons (Fsp3) is 0.208. The van der Waals surface area contributed by atoms with Crippen LogP contribution in [-0.4, -0.2) is 57.5 Å². The van der Waals surface area contributed by atoms with Crippen LogP contribution in [0.4, 0.5) is 4.79 Å². The maximum Gasteiger partial charge on any atom is 0.322 e. The minimum absolute atomic E-state index is 0.128. The summed E-state index contributed by atoms with van der Waals surface area (Å²) in [6.07, 6.45) is 7.10. The van der Waals surface area contributed by atoms with Crippen molar-refractivity contribution in [1.82, 2.24) is 30.1 Å². The first kappa shape index (κ1) is 22.5. The van der Waals surface area contributed by atoms with Crippen molar-refractivity contribution in [2.24, 2.45) is 0 Å². The number of urea groups is 1. The Hall–Kier alpha value is -4.65. The highest BCUT2D eigenvalue weighted by atomic mass is 16.5. The third-order valence-electron chi connectivity index (χ3n) is 5.31. The van der Waals surface area contributed by atoms with Crippen LogP contribution in [0.2, 0.25) is 0 Å². The van der Waals surface area contributed by atoms with Gasteiger partial charge >= 0.3 is 6.03 Å². The molecule has 10 heteroatoms. The fourth-order valence-electron chi connectivity index (χ4n) is 3.67. The number of ether oxygens (including phenoxy) is 1. The van der Waals surface area contributed by atoms with Gasteiger partial charge < -0.3 is 19.5 Å². The molecule has 10 nitrogen and oxygen atoms in total. The maximum absolute atomic E-state index is 12.9. The molecule has 4 rings (SSSR count). The van der Waals surface area contributed by atoms with E-state index in [1.165, 1.54) is 7.11 Å². The number of imidazole rings is 1. The molecule has 0 aliphatic carbocycles. The molecule has 1 aliphatic rings. The van der Waals surface area contributed by atoms with Gasteiger partial charge in [-0.25, -0.2) is 9.78 Å². The zero-order valence-electron chi connectivity index (χ0n) is 18.6. The number of carbonyl (C=O) groups is 3. The van der Waals surface area contributed by atoms with E-state index in [-0.39, 0.29) is 18.9 Å². The molecule has 3 heterocycles. The van der Waals surface area contributed by atoms with Crippen molar-refractivity contribution in [2.75, 3.05) is 13.7 Å². The monoisotopic (exact) mass is 458 g/mol. The largest absolute Gasteiger partial charge is 0.497 e. The number of rotatable bonds is 6. The summed E-state index contributed by atoms with van der Waals surface area (Å²) in [5.41, 5.74) is 2.83. The molecule has 34 heavy (non-hydrogen) atoms. The molecule has 0 spiro atoms. The first-order valence-corrected chi connectivity index (χ1v) is 10.4. The Morgan fingerprint density at radius 2 is 2.18 bits per heavy atom. The second kappa shape index (κ2) is 9.87. The predicted molar refractivity (Wildman–Crippen MR) is 122 cm³/mol. The van der Waals surface area contributed by atoms with E-state index in [1.54, 1.807) is 35.6 Å². The SMILES string of the molecule is COc1ccc2c(c1)C(=O)N(C[C@@H](C#Cc1cncc(-n3ccnc3C)c1)NC(=O)NC=O)C2. The molecule has 0 saturated carbocycles. The fourth-order valence-corrected chi connectivity index (χ4v) is 3.67. The lowest BCUT2D eigenvalue weighted by Crippen LogP contribution is -2.46. The lowest BCUT2D eigenvalue weighted by Gasteiger charge is -2.21. The van der Waals surface area contributed by atoms with Crippen LogP contribution in [0.25, 0.3) is 5.69 Å². The van der Waals surface area contributed by atoms with Crippen molar-refractivity contribution in [2.45, 2.75) is 19.5 Å². The van der Waals surface area contributed by atoms with Crippen LogP contribution in [0.5, 0.6) is 5.75 Å². The summed E-state index contributed by atoms with van der Waals surface area (Å²) < 4.78 is 7.09. The van der Waals surface area contributed by atoms with Crippen LogP contribution < -0.4 is 15.4 Å². The summed E-state index contributed by atoms with van der Waals surface area (Å²) >= 11 is 0. The van der Waals surface area contributed by atoms with Crippen molar-refractivity contribution in [3.8, 4) is 23.3 Å². The Morgan fingerprint density at radius 1 is 1.32 bits per heavy atom. The number of imide groups is 1. The number of nitrogens with zero attached hydrogens (tertiary/aromatic N) is 4. The van der Waals surface area contributed by atoms with Crippen molar-refractivity contribution >= 4 is 18.3 Å². The minimum Gasteiger partial charge on any atom is -0.497 e. The quantitative estimate of drug-likeness (QED) is 0.426. The summed E-state index contributed by atoms with van der Waals surface area (Å²) in [6.45, 7) is 2.39. The van der Waals surface area contributed by atoms with Crippen LogP contribution in [0.15, 0.2) is 49.1 Å². The highest BCUT2D eigenvalue weighted by Gasteiger charge is 2.29. The summed E-state index contributed by atoms with van der Waals surface area (Å²) in [7, 11) is 1.54. The zero-order chi connectivity index (χ0) is 24.1.